The second kappa shape index (κ2) is 46.5. The number of rotatable bonds is 39. The molecule has 0 radical (unpaired) electrons. The lowest BCUT2D eigenvalue weighted by Gasteiger charge is -2.18. The molecule has 1 atom stereocenters. The Bertz CT molecular complexity index is 1300. The summed E-state index contributed by atoms with van der Waals surface area (Å²) >= 11 is 0. The van der Waals surface area contributed by atoms with Crippen molar-refractivity contribution in [3.63, 3.8) is 0 Å². The Morgan fingerprint density at radius 1 is 0.339 bits per heavy atom. The first kappa shape index (κ1) is 54.8. The van der Waals surface area contributed by atoms with E-state index in [1.165, 1.54) is 0 Å². The van der Waals surface area contributed by atoms with Gasteiger partial charge in [-0.3, -0.25) is 14.4 Å². The third kappa shape index (κ3) is 44.8. The van der Waals surface area contributed by atoms with Crippen LogP contribution in [0.2, 0.25) is 0 Å². The smallest absolute Gasteiger partial charge is 0.306 e. The molecule has 0 rings (SSSR count). The molecule has 0 aromatic heterocycles. The molecule has 0 spiro atoms. The summed E-state index contributed by atoms with van der Waals surface area (Å²) in [6, 6.07) is 0. The standard InChI is InChI=1S/C53H82O6/c1-4-7-10-13-16-19-22-25-26-29-31-34-37-40-43-46-52(55)58-49-50(59-53(56)47-44-41-38-35-32-28-24-21-18-15-12-9-6-3)48-57-51(54)45-42-39-36-33-30-27-23-20-17-14-11-8-5-2/h7-26,50H,4-6,27-49H2,1-3H3/b10-7+,11-8+,12-9+,16-13+,17-14+,18-15+,22-19+,23-20+,24-21+,26-25+. The molecule has 0 aliphatic carbocycles. The zero-order valence-corrected chi connectivity index (χ0v) is 37.5. The van der Waals surface area contributed by atoms with E-state index in [1.54, 1.807) is 0 Å². The predicted molar refractivity (Wildman–Crippen MR) is 251 cm³/mol. The van der Waals surface area contributed by atoms with E-state index in [2.05, 4.69) is 106 Å². The molecule has 0 aliphatic heterocycles. The number of carbonyl (C=O) groups excluding carboxylic acids is 3. The Labute approximate surface area is 361 Å². The molecule has 59 heavy (non-hydrogen) atoms. The normalized spacial score (nSPS) is 13.2. The van der Waals surface area contributed by atoms with Gasteiger partial charge in [0.15, 0.2) is 6.10 Å². The average molecular weight is 815 g/mol. The van der Waals surface area contributed by atoms with Gasteiger partial charge in [0.25, 0.3) is 0 Å². The van der Waals surface area contributed by atoms with Crippen molar-refractivity contribution < 1.29 is 28.6 Å². The van der Waals surface area contributed by atoms with Crippen LogP contribution < -0.4 is 0 Å². The first-order valence-electron chi connectivity index (χ1n) is 23.2. The van der Waals surface area contributed by atoms with Crippen LogP contribution in [-0.2, 0) is 28.6 Å². The zero-order chi connectivity index (χ0) is 43.0. The lowest BCUT2D eigenvalue weighted by molar-refractivity contribution is -0.167. The molecule has 0 aromatic carbocycles. The van der Waals surface area contributed by atoms with E-state index >= 15 is 0 Å². The molecule has 6 nitrogen and oxygen atoms in total. The zero-order valence-electron chi connectivity index (χ0n) is 37.5. The topological polar surface area (TPSA) is 78.9 Å². The van der Waals surface area contributed by atoms with Gasteiger partial charge < -0.3 is 14.2 Å². The highest BCUT2D eigenvalue weighted by Crippen LogP contribution is 2.12. The Morgan fingerprint density at radius 3 is 0.949 bits per heavy atom. The Balaban J connectivity index is 4.52. The molecule has 0 aromatic rings. The monoisotopic (exact) mass is 815 g/mol. The maximum Gasteiger partial charge on any atom is 0.306 e. The van der Waals surface area contributed by atoms with E-state index in [9.17, 15) is 14.4 Å². The predicted octanol–water partition coefficient (Wildman–Crippen LogP) is 15.0. The van der Waals surface area contributed by atoms with E-state index in [1.807, 2.05) is 36.5 Å². The van der Waals surface area contributed by atoms with Crippen molar-refractivity contribution in [3.8, 4) is 0 Å². The Kier molecular flexibility index (Phi) is 43.2. The average Bonchev–Trinajstić information content (AvgIpc) is 3.23. The molecule has 0 N–H and O–H groups in total. The van der Waals surface area contributed by atoms with Gasteiger partial charge in [-0.1, -0.05) is 200 Å². The van der Waals surface area contributed by atoms with Gasteiger partial charge in [0.2, 0.25) is 0 Å². The summed E-state index contributed by atoms with van der Waals surface area (Å²) in [6.07, 6.45) is 63.2. The number of ether oxygens (including phenoxy) is 3. The van der Waals surface area contributed by atoms with Gasteiger partial charge in [-0.2, -0.15) is 0 Å². The summed E-state index contributed by atoms with van der Waals surface area (Å²) in [5.74, 6) is -0.986. The molecule has 6 heteroatoms. The molecular weight excluding hydrogens is 733 g/mol. The van der Waals surface area contributed by atoms with E-state index in [0.717, 1.165) is 135 Å². The summed E-state index contributed by atoms with van der Waals surface area (Å²) in [5.41, 5.74) is 0. The van der Waals surface area contributed by atoms with Crippen LogP contribution in [0.5, 0.6) is 0 Å². The number of hydrogen-bond donors (Lipinski definition) is 0. The number of unbranched alkanes of at least 4 members (excludes halogenated alkanes) is 15. The van der Waals surface area contributed by atoms with Crippen LogP contribution in [0.1, 0.15) is 175 Å². The van der Waals surface area contributed by atoms with E-state index in [4.69, 9.17) is 14.2 Å². The van der Waals surface area contributed by atoms with Crippen molar-refractivity contribution in [2.75, 3.05) is 13.2 Å². The molecule has 0 bridgehead atoms. The van der Waals surface area contributed by atoms with Crippen LogP contribution in [0.3, 0.4) is 0 Å². The van der Waals surface area contributed by atoms with Gasteiger partial charge in [-0.15, -0.1) is 0 Å². The fraction of sp³-hybridized carbons (Fsp3) is 0.566. The molecular formula is C53H82O6. The molecule has 1 unspecified atom stereocenters. The maximum absolute atomic E-state index is 12.7. The van der Waals surface area contributed by atoms with Crippen LogP contribution in [0.15, 0.2) is 122 Å². The van der Waals surface area contributed by atoms with Crippen molar-refractivity contribution >= 4 is 17.9 Å². The summed E-state index contributed by atoms with van der Waals surface area (Å²) in [7, 11) is 0. The minimum Gasteiger partial charge on any atom is -0.462 e. The van der Waals surface area contributed by atoms with Crippen molar-refractivity contribution in [1.29, 1.82) is 0 Å². The van der Waals surface area contributed by atoms with E-state index < -0.39 is 6.10 Å². The van der Waals surface area contributed by atoms with Crippen molar-refractivity contribution in [3.05, 3.63) is 122 Å². The van der Waals surface area contributed by atoms with Gasteiger partial charge in [0, 0.05) is 19.3 Å². The molecule has 0 saturated carbocycles. The number of carbonyl (C=O) groups is 3. The Morgan fingerprint density at radius 2 is 0.610 bits per heavy atom. The lowest BCUT2D eigenvalue weighted by Crippen LogP contribution is -2.30. The number of esters is 3. The SMILES string of the molecule is CC/C=C/C=C/C=C/C=C/CCCCCCCC(=O)OCC(COC(=O)CCCCCCC/C=C/C=C/C=C/CC)OC(=O)CCCCCCC/C=C/C=C/C=C/CC. The quantitative estimate of drug-likeness (QED) is 0.0266. The summed E-state index contributed by atoms with van der Waals surface area (Å²) in [4.78, 5) is 37.8. The van der Waals surface area contributed by atoms with E-state index in [-0.39, 0.29) is 37.5 Å². The molecule has 0 amide bonds. The van der Waals surface area contributed by atoms with Crippen LogP contribution in [-0.4, -0.2) is 37.2 Å². The lowest BCUT2D eigenvalue weighted by atomic mass is 10.1. The first-order chi connectivity index (χ1) is 29.0. The largest absolute Gasteiger partial charge is 0.462 e. The second-order valence-corrected chi connectivity index (χ2v) is 14.7. The van der Waals surface area contributed by atoms with Crippen LogP contribution in [0.4, 0.5) is 0 Å². The summed E-state index contributed by atoms with van der Waals surface area (Å²) in [6.45, 7) is 6.14. The van der Waals surface area contributed by atoms with Crippen molar-refractivity contribution in [2.24, 2.45) is 0 Å². The van der Waals surface area contributed by atoms with Crippen molar-refractivity contribution in [1.82, 2.24) is 0 Å². The van der Waals surface area contributed by atoms with Gasteiger partial charge >= 0.3 is 17.9 Å². The fourth-order valence-corrected chi connectivity index (χ4v) is 5.74. The highest BCUT2D eigenvalue weighted by atomic mass is 16.6. The Hall–Kier alpha value is -4.19. The van der Waals surface area contributed by atoms with Crippen LogP contribution in [0, 0.1) is 0 Å². The fourth-order valence-electron chi connectivity index (χ4n) is 5.74. The summed E-state index contributed by atoms with van der Waals surface area (Å²) < 4.78 is 16.7. The third-order valence-corrected chi connectivity index (χ3v) is 9.16. The van der Waals surface area contributed by atoms with Crippen LogP contribution >= 0.6 is 0 Å². The number of hydrogen-bond acceptors (Lipinski definition) is 6. The second-order valence-electron chi connectivity index (χ2n) is 14.7. The minimum absolute atomic E-state index is 0.109. The molecule has 0 fully saturated rings. The van der Waals surface area contributed by atoms with Crippen molar-refractivity contribution in [2.45, 2.75) is 181 Å². The minimum atomic E-state index is -0.809. The van der Waals surface area contributed by atoms with Crippen LogP contribution in [0.25, 0.3) is 0 Å². The molecule has 0 heterocycles. The van der Waals surface area contributed by atoms with Gasteiger partial charge in [-0.25, -0.2) is 0 Å². The number of allylic oxidation sites excluding steroid dienone is 20. The summed E-state index contributed by atoms with van der Waals surface area (Å²) in [5, 5.41) is 0. The molecule has 0 saturated heterocycles. The van der Waals surface area contributed by atoms with Gasteiger partial charge in [0.05, 0.1) is 0 Å². The maximum atomic E-state index is 12.7. The molecule has 330 valence electrons. The van der Waals surface area contributed by atoms with Gasteiger partial charge in [-0.05, 0) is 77.0 Å². The van der Waals surface area contributed by atoms with E-state index in [0.29, 0.717) is 12.8 Å². The highest BCUT2D eigenvalue weighted by molar-refractivity contribution is 5.71. The first-order valence-corrected chi connectivity index (χ1v) is 23.2. The molecule has 0 aliphatic rings. The highest BCUT2D eigenvalue weighted by Gasteiger charge is 2.19. The third-order valence-electron chi connectivity index (χ3n) is 9.16. The van der Waals surface area contributed by atoms with Gasteiger partial charge in [0.1, 0.15) is 13.2 Å².